The highest BCUT2D eigenvalue weighted by molar-refractivity contribution is 5.89. The summed E-state index contributed by atoms with van der Waals surface area (Å²) in [6, 6.07) is 3.36. The molecule has 0 atom stereocenters. The van der Waals surface area contributed by atoms with Gasteiger partial charge in [-0.2, -0.15) is 0 Å². The van der Waals surface area contributed by atoms with E-state index in [1.807, 2.05) is 0 Å². The average Bonchev–Trinajstić information content (AvgIpc) is 2.70. The number of rotatable bonds is 18. The van der Waals surface area contributed by atoms with Crippen molar-refractivity contribution in [2.24, 2.45) is 0 Å². The second-order valence-corrected chi connectivity index (χ2v) is 8.04. The number of carbonyl (C=O) groups excluding carboxylic acids is 1. The predicted octanol–water partition coefficient (Wildman–Crippen LogP) is 8.38. The molecular weight excluding hydrogens is 370 g/mol. The van der Waals surface area contributed by atoms with Crippen LogP contribution in [0.4, 0.5) is 8.78 Å². The molecule has 0 aliphatic heterocycles. The van der Waals surface area contributed by atoms with Crippen LogP contribution in [0.3, 0.4) is 0 Å². The molecule has 0 N–H and O–H groups in total. The number of esters is 1. The fourth-order valence-corrected chi connectivity index (χ4v) is 3.58. The molecule has 0 unspecified atom stereocenters. The molecule has 0 bridgehead atoms. The SMILES string of the molecule is CCCCCCCCCCCCCCCCCCOC(=O)c1c(F)cccc1F. The van der Waals surface area contributed by atoms with E-state index in [2.05, 4.69) is 6.92 Å². The largest absolute Gasteiger partial charge is 0.462 e. The molecule has 0 fully saturated rings. The topological polar surface area (TPSA) is 26.3 Å². The van der Waals surface area contributed by atoms with Gasteiger partial charge in [-0.05, 0) is 18.6 Å². The van der Waals surface area contributed by atoms with Crippen LogP contribution in [0.15, 0.2) is 18.2 Å². The molecule has 0 spiro atoms. The maximum atomic E-state index is 13.5. The first-order chi connectivity index (χ1) is 14.2. The van der Waals surface area contributed by atoms with Crippen LogP contribution in [0.5, 0.6) is 0 Å². The lowest BCUT2D eigenvalue weighted by Crippen LogP contribution is -2.11. The molecule has 1 aromatic carbocycles. The monoisotopic (exact) mass is 410 g/mol. The van der Waals surface area contributed by atoms with Crippen molar-refractivity contribution in [2.75, 3.05) is 6.61 Å². The summed E-state index contributed by atoms with van der Waals surface area (Å²) in [4.78, 5) is 11.7. The Hall–Kier alpha value is -1.45. The van der Waals surface area contributed by atoms with Gasteiger partial charge in [0, 0.05) is 0 Å². The molecule has 29 heavy (non-hydrogen) atoms. The summed E-state index contributed by atoms with van der Waals surface area (Å²) < 4.78 is 32.0. The molecule has 4 heteroatoms. The third-order valence-electron chi connectivity index (χ3n) is 5.40. The number of hydrogen-bond donors (Lipinski definition) is 0. The second kappa shape index (κ2) is 17.4. The Kier molecular flexibility index (Phi) is 15.4. The van der Waals surface area contributed by atoms with E-state index in [0.717, 1.165) is 31.4 Å². The third kappa shape index (κ3) is 12.7. The minimum absolute atomic E-state index is 0.213. The zero-order valence-electron chi connectivity index (χ0n) is 18.3. The van der Waals surface area contributed by atoms with Crippen LogP contribution in [0.25, 0.3) is 0 Å². The van der Waals surface area contributed by atoms with Gasteiger partial charge < -0.3 is 4.74 Å². The van der Waals surface area contributed by atoms with Crippen LogP contribution in [0.1, 0.15) is 120 Å². The van der Waals surface area contributed by atoms with E-state index in [1.165, 1.54) is 89.5 Å². The fraction of sp³-hybridized carbons (Fsp3) is 0.720. The van der Waals surface area contributed by atoms with Gasteiger partial charge in [0.05, 0.1) is 6.61 Å². The molecule has 0 amide bonds. The van der Waals surface area contributed by atoms with Gasteiger partial charge in [-0.25, -0.2) is 13.6 Å². The van der Waals surface area contributed by atoms with Crippen LogP contribution in [0, 0.1) is 11.6 Å². The van der Waals surface area contributed by atoms with E-state index in [0.29, 0.717) is 0 Å². The molecular formula is C25H40F2O2. The zero-order valence-corrected chi connectivity index (χ0v) is 18.3. The molecule has 0 aliphatic carbocycles. The van der Waals surface area contributed by atoms with Crippen molar-refractivity contribution >= 4 is 5.97 Å². The Bertz CT molecular complexity index is 525. The van der Waals surface area contributed by atoms with Crippen LogP contribution < -0.4 is 0 Å². The van der Waals surface area contributed by atoms with E-state index >= 15 is 0 Å². The highest BCUT2D eigenvalue weighted by Gasteiger charge is 2.18. The lowest BCUT2D eigenvalue weighted by atomic mass is 10.0. The Morgan fingerprint density at radius 3 is 1.48 bits per heavy atom. The maximum Gasteiger partial charge on any atom is 0.344 e. The second-order valence-electron chi connectivity index (χ2n) is 8.04. The smallest absolute Gasteiger partial charge is 0.344 e. The van der Waals surface area contributed by atoms with Crippen molar-refractivity contribution in [3.63, 3.8) is 0 Å². The average molecular weight is 411 g/mol. The molecule has 1 rings (SSSR count). The first-order valence-electron chi connectivity index (χ1n) is 11.8. The Morgan fingerprint density at radius 1 is 0.690 bits per heavy atom. The lowest BCUT2D eigenvalue weighted by Gasteiger charge is -2.06. The zero-order chi connectivity index (χ0) is 21.2. The molecule has 0 radical (unpaired) electrons. The molecule has 0 saturated heterocycles. The summed E-state index contributed by atoms with van der Waals surface area (Å²) in [5, 5.41) is 0. The van der Waals surface area contributed by atoms with E-state index in [4.69, 9.17) is 4.74 Å². The molecule has 0 aromatic heterocycles. The molecule has 0 aliphatic rings. The van der Waals surface area contributed by atoms with Gasteiger partial charge in [0.2, 0.25) is 0 Å². The number of benzene rings is 1. The van der Waals surface area contributed by atoms with Crippen molar-refractivity contribution in [3.05, 3.63) is 35.4 Å². The third-order valence-corrected chi connectivity index (χ3v) is 5.40. The minimum Gasteiger partial charge on any atom is -0.462 e. The van der Waals surface area contributed by atoms with Crippen molar-refractivity contribution in [3.8, 4) is 0 Å². The number of unbranched alkanes of at least 4 members (excludes halogenated alkanes) is 15. The summed E-state index contributed by atoms with van der Waals surface area (Å²) in [5.41, 5.74) is -0.594. The number of hydrogen-bond acceptors (Lipinski definition) is 2. The van der Waals surface area contributed by atoms with Gasteiger partial charge in [-0.3, -0.25) is 0 Å². The summed E-state index contributed by atoms with van der Waals surface area (Å²) in [5.74, 6) is -2.66. The van der Waals surface area contributed by atoms with Crippen LogP contribution >= 0.6 is 0 Å². The molecule has 0 saturated carbocycles. The number of halogens is 2. The Morgan fingerprint density at radius 2 is 1.07 bits per heavy atom. The van der Waals surface area contributed by atoms with E-state index in [-0.39, 0.29) is 6.61 Å². The Balaban J connectivity index is 1.85. The maximum absolute atomic E-state index is 13.5. The normalized spacial score (nSPS) is 11.0. The van der Waals surface area contributed by atoms with Gasteiger partial charge in [-0.15, -0.1) is 0 Å². The van der Waals surface area contributed by atoms with Gasteiger partial charge in [-0.1, -0.05) is 109 Å². The van der Waals surface area contributed by atoms with Gasteiger partial charge in [0.1, 0.15) is 17.2 Å². The van der Waals surface area contributed by atoms with E-state index < -0.39 is 23.2 Å². The minimum atomic E-state index is -0.915. The first kappa shape index (κ1) is 25.6. The summed E-state index contributed by atoms with van der Waals surface area (Å²) in [6.45, 7) is 2.47. The van der Waals surface area contributed by atoms with Gasteiger partial charge in [0.25, 0.3) is 0 Å². The summed E-state index contributed by atoms with van der Waals surface area (Å²) in [7, 11) is 0. The first-order valence-corrected chi connectivity index (χ1v) is 11.8. The summed E-state index contributed by atoms with van der Waals surface area (Å²) in [6.07, 6.45) is 20.4. The highest BCUT2D eigenvalue weighted by atomic mass is 19.1. The lowest BCUT2D eigenvalue weighted by molar-refractivity contribution is 0.0486. The molecule has 1 aromatic rings. The highest BCUT2D eigenvalue weighted by Crippen LogP contribution is 2.15. The van der Waals surface area contributed by atoms with Crippen molar-refractivity contribution in [2.45, 2.75) is 110 Å². The van der Waals surface area contributed by atoms with Crippen LogP contribution in [-0.4, -0.2) is 12.6 Å². The summed E-state index contributed by atoms with van der Waals surface area (Å²) >= 11 is 0. The van der Waals surface area contributed by atoms with E-state index in [1.54, 1.807) is 0 Å². The standard InChI is InChI=1S/C25H40F2O2/c1-2-3-4-5-6-7-8-9-10-11-12-13-14-15-16-17-21-29-25(28)24-22(26)19-18-20-23(24)27/h18-20H,2-17,21H2,1H3. The van der Waals surface area contributed by atoms with Gasteiger partial charge in [0.15, 0.2) is 0 Å². The Labute approximate surface area is 176 Å². The number of carbonyl (C=O) groups is 1. The number of ether oxygens (including phenoxy) is 1. The molecule has 2 nitrogen and oxygen atoms in total. The quantitative estimate of drug-likeness (QED) is 0.179. The van der Waals surface area contributed by atoms with Crippen molar-refractivity contribution in [1.29, 1.82) is 0 Å². The van der Waals surface area contributed by atoms with Crippen molar-refractivity contribution in [1.82, 2.24) is 0 Å². The van der Waals surface area contributed by atoms with Crippen LogP contribution in [-0.2, 0) is 4.74 Å². The fourth-order valence-electron chi connectivity index (χ4n) is 3.58. The van der Waals surface area contributed by atoms with Crippen molar-refractivity contribution < 1.29 is 18.3 Å². The van der Waals surface area contributed by atoms with E-state index in [9.17, 15) is 13.6 Å². The molecule has 166 valence electrons. The van der Waals surface area contributed by atoms with Gasteiger partial charge >= 0.3 is 5.97 Å². The molecule has 0 heterocycles. The van der Waals surface area contributed by atoms with Crippen LogP contribution in [0.2, 0.25) is 0 Å². The predicted molar refractivity (Wildman–Crippen MR) is 116 cm³/mol.